The van der Waals surface area contributed by atoms with Crippen LogP contribution < -0.4 is 0 Å². The van der Waals surface area contributed by atoms with Gasteiger partial charge in [-0.25, -0.2) is 4.98 Å². The third kappa shape index (κ3) is 8.01. The SMILES string of the molecule is CCCCCCCCCCCC(O)c1cccc(Br)n1. The van der Waals surface area contributed by atoms with Crippen LogP contribution in [-0.4, -0.2) is 10.1 Å². The fraction of sp³-hybridized carbons (Fsp3) is 0.706. The van der Waals surface area contributed by atoms with Gasteiger partial charge in [0.05, 0.1) is 11.8 Å². The van der Waals surface area contributed by atoms with Crippen molar-refractivity contribution in [3.05, 3.63) is 28.5 Å². The first-order valence-corrected chi connectivity index (χ1v) is 8.84. The summed E-state index contributed by atoms with van der Waals surface area (Å²) in [5, 5.41) is 10.1. The van der Waals surface area contributed by atoms with E-state index in [1.807, 2.05) is 18.2 Å². The molecule has 3 heteroatoms. The molecule has 0 radical (unpaired) electrons. The van der Waals surface area contributed by atoms with Gasteiger partial charge in [0.1, 0.15) is 4.60 Å². The Morgan fingerprint density at radius 3 is 2.20 bits per heavy atom. The van der Waals surface area contributed by atoms with Gasteiger partial charge in [0.2, 0.25) is 0 Å². The molecule has 0 saturated carbocycles. The lowest BCUT2D eigenvalue weighted by molar-refractivity contribution is 0.158. The topological polar surface area (TPSA) is 33.1 Å². The second kappa shape index (κ2) is 11.3. The highest BCUT2D eigenvalue weighted by molar-refractivity contribution is 9.10. The summed E-state index contributed by atoms with van der Waals surface area (Å²) in [6, 6.07) is 5.70. The number of aliphatic hydroxyl groups excluding tert-OH is 1. The van der Waals surface area contributed by atoms with E-state index < -0.39 is 6.10 Å². The first-order chi connectivity index (χ1) is 9.74. The highest BCUT2D eigenvalue weighted by Crippen LogP contribution is 2.20. The summed E-state index contributed by atoms with van der Waals surface area (Å²) in [5.41, 5.74) is 0.777. The quantitative estimate of drug-likeness (QED) is 0.407. The highest BCUT2D eigenvalue weighted by Gasteiger charge is 2.08. The van der Waals surface area contributed by atoms with Gasteiger partial charge in [-0.2, -0.15) is 0 Å². The van der Waals surface area contributed by atoms with Crippen molar-refractivity contribution in [1.29, 1.82) is 0 Å². The molecule has 1 unspecified atom stereocenters. The number of nitrogens with zero attached hydrogens (tertiary/aromatic N) is 1. The molecule has 0 aliphatic heterocycles. The second-order valence-corrected chi connectivity index (χ2v) is 6.33. The van der Waals surface area contributed by atoms with Crippen LogP contribution in [0.5, 0.6) is 0 Å². The monoisotopic (exact) mass is 341 g/mol. The zero-order valence-electron chi connectivity index (χ0n) is 12.7. The molecule has 0 aromatic carbocycles. The van der Waals surface area contributed by atoms with Gasteiger partial charge in [-0.05, 0) is 34.5 Å². The van der Waals surface area contributed by atoms with Crippen LogP contribution in [0.15, 0.2) is 22.8 Å². The molecule has 1 N–H and O–H groups in total. The zero-order valence-corrected chi connectivity index (χ0v) is 14.2. The van der Waals surface area contributed by atoms with Crippen molar-refractivity contribution in [3.8, 4) is 0 Å². The number of aromatic nitrogens is 1. The van der Waals surface area contributed by atoms with E-state index in [0.717, 1.165) is 23.1 Å². The maximum Gasteiger partial charge on any atom is 0.106 e. The lowest BCUT2D eigenvalue weighted by Gasteiger charge is -2.10. The molecule has 1 rings (SSSR count). The molecule has 1 heterocycles. The van der Waals surface area contributed by atoms with Crippen molar-refractivity contribution in [2.45, 2.75) is 77.2 Å². The molecule has 0 saturated heterocycles. The van der Waals surface area contributed by atoms with E-state index in [4.69, 9.17) is 0 Å². The smallest absolute Gasteiger partial charge is 0.106 e. The molecular formula is C17H28BrNO. The van der Waals surface area contributed by atoms with Gasteiger partial charge in [0.15, 0.2) is 0 Å². The largest absolute Gasteiger partial charge is 0.387 e. The predicted octanol–water partition coefficient (Wildman–Crippen LogP) is 5.80. The van der Waals surface area contributed by atoms with Gasteiger partial charge in [-0.3, -0.25) is 0 Å². The van der Waals surface area contributed by atoms with Gasteiger partial charge in [0, 0.05) is 0 Å². The Bertz CT molecular complexity index is 357. The molecule has 1 aromatic rings. The molecule has 0 bridgehead atoms. The molecule has 1 atom stereocenters. The molecular weight excluding hydrogens is 314 g/mol. The van der Waals surface area contributed by atoms with Gasteiger partial charge < -0.3 is 5.11 Å². The third-order valence-electron chi connectivity index (χ3n) is 3.66. The maximum atomic E-state index is 10.1. The van der Waals surface area contributed by atoms with Gasteiger partial charge >= 0.3 is 0 Å². The van der Waals surface area contributed by atoms with Crippen LogP contribution in [-0.2, 0) is 0 Å². The van der Waals surface area contributed by atoms with Crippen LogP contribution in [0.3, 0.4) is 0 Å². The summed E-state index contributed by atoms with van der Waals surface area (Å²) in [4.78, 5) is 4.30. The van der Waals surface area contributed by atoms with Crippen LogP contribution in [0.1, 0.15) is 82.9 Å². The fourth-order valence-corrected chi connectivity index (χ4v) is 2.76. The highest BCUT2D eigenvalue weighted by atomic mass is 79.9. The van der Waals surface area contributed by atoms with Crippen molar-refractivity contribution >= 4 is 15.9 Å². The summed E-state index contributed by atoms with van der Waals surface area (Å²) < 4.78 is 0.793. The average molecular weight is 342 g/mol. The molecule has 2 nitrogen and oxygen atoms in total. The summed E-state index contributed by atoms with van der Waals surface area (Å²) in [7, 11) is 0. The lowest BCUT2D eigenvalue weighted by atomic mass is 10.0. The Balaban J connectivity index is 2.01. The molecule has 0 fully saturated rings. The lowest BCUT2D eigenvalue weighted by Crippen LogP contribution is -2.00. The van der Waals surface area contributed by atoms with E-state index in [9.17, 15) is 5.11 Å². The predicted molar refractivity (Wildman–Crippen MR) is 88.7 cm³/mol. The summed E-state index contributed by atoms with van der Waals surface area (Å²) in [6.45, 7) is 2.26. The van der Waals surface area contributed by atoms with Crippen LogP contribution in [0, 0.1) is 0 Å². The first-order valence-electron chi connectivity index (χ1n) is 8.04. The standard InChI is InChI=1S/C17H28BrNO/c1-2-3-4-5-6-7-8-9-10-13-16(20)15-12-11-14-17(18)19-15/h11-12,14,16,20H,2-10,13H2,1H3. The van der Waals surface area contributed by atoms with Crippen molar-refractivity contribution in [2.24, 2.45) is 0 Å². The zero-order chi connectivity index (χ0) is 14.6. The minimum Gasteiger partial charge on any atom is -0.387 e. The number of hydrogen-bond acceptors (Lipinski definition) is 2. The molecule has 1 aromatic heterocycles. The minimum absolute atomic E-state index is 0.419. The Labute approximate surface area is 132 Å². The van der Waals surface area contributed by atoms with Crippen molar-refractivity contribution in [3.63, 3.8) is 0 Å². The third-order valence-corrected chi connectivity index (χ3v) is 4.10. The number of halogens is 1. The number of pyridine rings is 1. The van der Waals surface area contributed by atoms with E-state index in [1.54, 1.807) is 0 Å². The Hall–Kier alpha value is -0.410. The molecule has 0 aliphatic carbocycles. The maximum absolute atomic E-state index is 10.1. The van der Waals surface area contributed by atoms with E-state index >= 15 is 0 Å². The number of aliphatic hydroxyl groups is 1. The minimum atomic E-state index is -0.419. The van der Waals surface area contributed by atoms with Crippen molar-refractivity contribution in [2.75, 3.05) is 0 Å². The first kappa shape index (κ1) is 17.6. The fourth-order valence-electron chi connectivity index (χ4n) is 2.41. The van der Waals surface area contributed by atoms with Gasteiger partial charge in [-0.15, -0.1) is 0 Å². The van der Waals surface area contributed by atoms with E-state index in [0.29, 0.717) is 0 Å². The summed E-state index contributed by atoms with van der Waals surface area (Å²) in [6.07, 6.45) is 12.2. The van der Waals surface area contributed by atoms with Crippen LogP contribution in [0.2, 0.25) is 0 Å². The van der Waals surface area contributed by atoms with E-state index in [1.165, 1.54) is 51.4 Å². The summed E-state index contributed by atoms with van der Waals surface area (Å²) >= 11 is 3.34. The van der Waals surface area contributed by atoms with E-state index in [2.05, 4.69) is 27.8 Å². The Kier molecular flexibility index (Phi) is 9.94. The molecule has 0 spiro atoms. The molecule has 20 heavy (non-hydrogen) atoms. The van der Waals surface area contributed by atoms with Crippen LogP contribution >= 0.6 is 15.9 Å². The average Bonchev–Trinajstić information content (AvgIpc) is 2.45. The van der Waals surface area contributed by atoms with Gasteiger partial charge in [-0.1, -0.05) is 70.8 Å². The second-order valence-electron chi connectivity index (χ2n) is 5.52. The molecule has 114 valence electrons. The Morgan fingerprint density at radius 2 is 1.60 bits per heavy atom. The molecule has 0 amide bonds. The van der Waals surface area contributed by atoms with E-state index in [-0.39, 0.29) is 0 Å². The number of unbranched alkanes of at least 4 members (excludes halogenated alkanes) is 8. The number of hydrogen-bond donors (Lipinski definition) is 1. The van der Waals surface area contributed by atoms with Crippen LogP contribution in [0.4, 0.5) is 0 Å². The van der Waals surface area contributed by atoms with Crippen molar-refractivity contribution < 1.29 is 5.11 Å². The summed E-state index contributed by atoms with van der Waals surface area (Å²) in [5.74, 6) is 0. The van der Waals surface area contributed by atoms with Crippen molar-refractivity contribution in [1.82, 2.24) is 4.98 Å². The van der Waals surface area contributed by atoms with Crippen LogP contribution in [0.25, 0.3) is 0 Å². The number of rotatable bonds is 11. The normalized spacial score (nSPS) is 12.6. The molecule has 0 aliphatic rings. The van der Waals surface area contributed by atoms with Gasteiger partial charge in [0.25, 0.3) is 0 Å². The Morgan fingerprint density at radius 1 is 1.00 bits per heavy atom.